The molecule has 0 bridgehead atoms. The van der Waals surface area contributed by atoms with Crippen molar-refractivity contribution in [2.24, 2.45) is 5.41 Å². The maximum atomic E-state index is 11.8. The molecule has 1 N–H and O–H groups in total. The summed E-state index contributed by atoms with van der Waals surface area (Å²) in [4.78, 5) is 5.36. The Morgan fingerprint density at radius 3 is 2.08 bits per heavy atom. The van der Waals surface area contributed by atoms with Gasteiger partial charge in [-0.2, -0.15) is 0 Å². The lowest BCUT2D eigenvalue weighted by Gasteiger charge is -2.50. The lowest BCUT2D eigenvalue weighted by atomic mass is 9.59. The first-order valence-corrected chi connectivity index (χ1v) is 17.8. The van der Waals surface area contributed by atoms with Crippen molar-refractivity contribution < 1.29 is 9.53 Å². The molecule has 0 amide bonds. The Hall–Kier alpha value is -0.763. The van der Waals surface area contributed by atoms with Gasteiger partial charge in [-0.05, 0) is 94.8 Å². The van der Waals surface area contributed by atoms with Gasteiger partial charge in [-0.3, -0.25) is 4.98 Å². The van der Waals surface area contributed by atoms with Crippen LogP contribution in [0.15, 0.2) is 24.3 Å². The highest BCUT2D eigenvalue weighted by atomic mass is 127. The molecule has 36 heavy (non-hydrogen) atoms. The molecule has 3 nitrogen and oxygen atoms in total. The van der Waals surface area contributed by atoms with Crippen molar-refractivity contribution in [2.75, 3.05) is 0 Å². The summed E-state index contributed by atoms with van der Waals surface area (Å²) in [6, 6.07) is 8.49. The molecule has 5 heteroatoms. The number of fused-ring (bicyclic) bond motifs is 1. The Morgan fingerprint density at radius 2 is 1.61 bits per heavy atom. The van der Waals surface area contributed by atoms with Crippen LogP contribution in [0, 0.1) is 8.99 Å². The summed E-state index contributed by atoms with van der Waals surface area (Å²) in [5, 5.41) is 11.9. The monoisotopic (exact) mass is 619 g/mol. The SMILES string of the molecule is CC(C)c1ccc([C@@H](O)c2c(C(C)C)nc3c(c2I)C(O[Si](C)(C)C(C)(C)C)CC2(CCC2)C3)cc1. The van der Waals surface area contributed by atoms with Gasteiger partial charge in [-0.25, -0.2) is 0 Å². The first kappa shape index (κ1) is 28.3. The molecule has 1 unspecified atom stereocenters. The maximum Gasteiger partial charge on any atom is 0.192 e. The van der Waals surface area contributed by atoms with Crippen LogP contribution in [0.1, 0.15) is 132 Å². The van der Waals surface area contributed by atoms with Crippen molar-refractivity contribution in [1.29, 1.82) is 0 Å². The second kappa shape index (κ2) is 10.1. The summed E-state index contributed by atoms with van der Waals surface area (Å²) in [6.07, 6.45) is 5.39. The number of hydrogen-bond donors (Lipinski definition) is 1. The Balaban J connectivity index is 1.84. The van der Waals surface area contributed by atoms with E-state index in [1.165, 1.54) is 39.7 Å². The molecule has 1 fully saturated rings. The van der Waals surface area contributed by atoms with E-state index in [0.29, 0.717) is 11.3 Å². The molecule has 1 heterocycles. The number of rotatable bonds is 6. The van der Waals surface area contributed by atoms with Crippen LogP contribution < -0.4 is 0 Å². The largest absolute Gasteiger partial charge is 0.410 e. The zero-order valence-electron chi connectivity index (χ0n) is 23.8. The number of halogens is 1. The fourth-order valence-corrected chi connectivity index (χ4v) is 8.15. The Kier molecular flexibility index (Phi) is 7.91. The van der Waals surface area contributed by atoms with Gasteiger partial charge in [-0.15, -0.1) is 0 Å². The van der Waals surface area contributed by atoms with E-state index >= 15 is 0 Å². The van der Waals surface area contributed by atoms with E-state index in [0.717, 1.165) is 29.7 Å². The predicted molar refractivity (Wildman–Crippen MR) is 161 cm³/mol. The molecule has 1 aromatic heterocycles. The molecule has 2 aliphatic rings. The highest BCUT2D eigenvalue weighted by Gasteiger charge is 2.49. The van der Waals surface area contributed by atoms with Gasteiger partial charge in [0.1, 0.15) is 6.10 Å². The molecule has 2 aliphatic carbocycles. The Labute approximate surface area is 234 Å². The number of aliphatic hydroxyl groups is 1. The van der Waals surface area contributed by atoms with Gasteiger partial charge in [0.05, 0.1) is 11.8 Å². The second-order valence-corrected chi connectivity index (χ2v) is 19.4. The van der Waals surface area contributed by atoms with Crippen molar-refractivity contribution in [2.45, 2.75) is 123 Å². The molecule has 4 rings (SSSR count). The molecule has 1 spiro atoms. The fourth-order valence-electron chi connectivity index (χ4n) is 5.66. The van der Waals surface area contributed by atoms with Crippen molar-refractivity contribution in [3.8, 4) is 0 Å². The van der Waals surface area contributed by atoms with Gasteiger partial charge in [0, 0.05) is 20.4 Å². The Bertz CT molecular complexity index is 1100. The van der Waals surface area contributed by atoms with Crippen LogP contribution in [0.4, 0.5) is 0 Å². The standard InChI is InChI=1S/C31H46INO2Si/c1-19(2)21-11-13-22(14-12-21)29(34)26-27(32)25-23(33-28(26)20(3)4)17-31(15-10-16-31)18-24(25)35-36(8,9)30(5,6)7/h11-14,19-20,24,29,34H,10,15-18H2,1-9H3/t24?,29-/m1/s1. The van der Waals surface area contributed by atoms with E-state index in [1.807, 2.05) is 0 Å². The second-order valence-electron chi connectivity index (χ2n) is 13.6. The van der Waals surface area contributed by atoms with Crippen molar-refractivity contribution >= 4 is 30.9 Å². The molecule has 2 atom stereocenters. The van der Waals surface area contributed by atoms with E-state index in [4.69, 9.17) is 9.41 Å². The highest BCUT2D eigenvalue weighted by molar-refractivity contribution is 14.1. The van der Waals surface area contributed by atoms with Gasteiger partial charge in [-0.1, -0.05) is 79.2 Å². The number of nitrogens with zero attached hydrogens (tertiary/aromatic N) is 1. The van der Waals surface area contributed by atoms with Crippen LogP contribution in [0.5, 0.6) is 0 Å². The molecule has 0 aliphatic heterocycles. The third kappa shape index (κ3) is 5.23. The molecule has 198 valence electrons. The highest BCUT2D eigenvalue weighted by Crippen LogP contribution is 2.57. The molecule has 0 radical (unpaired) electrons. The molecule has 0 saturated heterocycles. The normalized spacial score (nSPS) is 20.5. The molecular weight excluding hydrogens is 573 g/mol. The molecule has 2 aromatic rings. The van der Waals surface area contributed by atoms with Gasteiger partial charge >= 0.3 is 0 Å². The average Bonchev–Trinajstić information content (AvgIpc) is 2.76. The summed E-state index contributed by atoms with van der Waals surface area (Å²) in [5.74, 6) is 0.711. The Morgan fingerprint density at radius 1 is 1.03 bits per heavy atom. The number of benzene rings is 1. The minimum absolute atomic E-state index is 0.0600. The van der Waals surface area contributed by atoms with Crippen molar-refractivity contribution in [1.82, 2.24) is 4.98 Å². The molecule has 1 saturated carbocycles. The van der Waals surface area contributed by atoms with Crippen LogP contribution in [-0.4, -0.2) is 18.4 Å². The number of pyridine rings is 1. The van der Waals surface area contributed by atoms with Crippen molar-refractivity contribution in [3.63, 3.8) is 0 Å². The van der Waals surface area contributed by atoms with Gasteiger partial charge in [0.2, 0.25) is 0 Å². The number of aromatic nitrogens is 1. The quantitative estimate of drug-likeness (QED) is 0.259. The number of aliphatic hydroxyl groups excluding tert-OH is 1. The lowest BCUT2D eigenvalue weighted by molar-refractivity contribution is 0.0293. The van der Waals surface area contributed by atoms with E-state index in [1.54, 1.807) is 0 Å². The smallest absolute Gasteiger partial charge is 0.192 e. The zero-order chi connectivity index (χ0) is 26.6. The summed E-state index contributed by atoms with van der Waals surface area (Å²) in [6.45, 7) is 20.5. The van der Waals surface area contributed by atoms with Crippen LogP contribution in [-0.2, 0) is 10.8 Å². The first-order chi connectivity index (χ1) is 16.7. The minimum Gasteiger partial charge on any atom is -0.410 e. The summed E-state index contributed by atoms with van der Waals surface area (Å²) in [5.41, 5.74) is 7.09. The third-order valence-electron chi connectivity index (χ3n) is 9.19. The van der Waals surface area contributed by atoms with E-state index in [9.17, 15) is 5.11 Å². The van der Waals surface area contributed by atoms with Gasteiger partial charge in [0.15, 0.2) is 8.32 Å². The van der Waals surface area contributed by atoms with E-state index in [2.05, 4.69) is 108 Å². The average molecular weight is 620 g/mol. The van der Waals surface area contributed by atoms with Crippen molar-refractivity contribution in [3.05, 3.63) is 61.5 Å². The predicted octanol–water partition coefficient (Wildman–Crippen LogP) is 9.19. The topological polar surface area (TPSA) is 42.4 Å². The fraction of sp³-hybridized carbons (Fsp3) is 0.645. The zero-order valence-corrected chi connectivity index (χ0v) is 27.0. The van der Waals surface area contributed by atoms with Crippen LogP contribution in [0.25, 0.3) is 0 Å². The first-order valence-electron chi connectivity index (χ1n) is 13.8. The van der Waals surface area contributed by atoms with Crippen LogP contribution in [0.3, 0.4) is 0 Å². The molecule has 1 aromatic carbocycles. The minimum atomic E-state index is -1.99. The van der Waals surface area contributed by atoms with Crippen LogP contribution in [0.2, 0.25) is 18.1 Å². The summed E-state index contributed by atoms with van der Waals surface area (Å²) >= 11 is 2.51. The molecular formula is C31H46INO2Si. The van der Waals surface area contributed by atoms with Gasteiger partial charge < -0.3 is 9.53 Å². The summed E-state index contributed by atoms with van der Waals surface area (Å²) in [7, 11) is -1.99. The third-order valence-corrected chi connectivity index (χ3v) is 14.8. The van der Waals surface area contributed by atoms with Crippen LogP contribution >= 0.6 is 22.6 Å². The van der Waals surface area contributed by atoms with E-state index in [-0.39, 0.29) is 17.1 Å². The maximum absolute atomic E-state index is 11.8. The van der Waals surface area contributed by atoms with E-state index < -0.39 is 14.4 Å². The lowest BCUT2D eigenvalue weighted by Crippen LogP contribution is -2.46. The number of hydrogen-bond acceptors (Lipinski definition) is 3. The van der Waals surface area contributed by atoms with Gasteiger partial charge in [0.25, 0.3) is 0 Å². The summed E-state index contributed by atoms with van der Waals surface area (Å²) < 4.78 is 8.34.